The average molecular weight is 380 g/mol. The normalized spacial score (nSPS) is 26.2. The van der Waals surface area contributed by atoms with Crippen LogP contribution in [0.4, 0.5) is 13.2 Å². The molecule has 1 aromatic heterocycles. The van der Waals surface area contributed by atoms with Crippen molar-refractivity contribution in [2.24, 2.45) is 11.3 Å². The molecule has 0 aliphatic heterocycles. The van der Waals surface area contributed by atoms with Gasteiger partial charge in [-0.1, -0.05) is 19.9 Å². The topological polar surface area (TPSA) is 55.1 Å². The maximum atomic E-state index is 12.5. The number of halogens is 3. The number of benzene rings is 1. The van der Waals surface area contributed by atoms with Gasteiger partial charge in [0.1, 0.15) is 5.52 Å². The van der Waals surface area contributed by atoms with Gasteiger partial charge in [0.15, 0.2) is 11.5 Å². The number of fused-ring (bicyclic) bond motifs is 3. The number of hydrogen-bond acceptors (Lipinski definition) is 3. The number of alkyl halides is 3. The molecule has 2 atom stereocenters. The fraction of sp³-hybridized carbons (Fsp3) is 0.600. The highest BCUT2D eigenvalue weighted by atomic mass is 19.4. The lowest BCUT2D eigenvalue weighted by Gasteiger charge is -2.47. The smallest absolute Gasteiger partial charge is 0.441 e. The third-order valence-electron chi connectivity index (χ3n) is 6.82. The second-order valence-electron chi connectivity index (χ2n) is 8.36. The van der Waals surface area contributed by atoms with Gasteiger partial charge in [-0.2, -0.15) is 13.2 Å². The Balaban J connectivity index is 1.72. The number of rotatable bonds is 3. The fourth-order valence-corrected chi connectivity index (χ4v) is 5.00. The molecular formula is C20H23F3N2O2. The standard InChI is InChI=1S/C20H23F3N2O2/c1-11-18(3,8-9-24-17(26)20(21,22)23)15-13(10-19(11)6-7-19)4-5-14-16(15)25-12(2)27-14/h4-5,11H,6-10H2,1-3H3,(H,24,26)/t11-,18+/m0/s1. The van der Waals surface area contributed by atoms with Crippen LogP contribution in [0.25, 0.3) is 11.1 Å². The van der Waals surface area contributed by atoms with E-state index >= 15 is 0 Å². The van der Waals surface area contributed by atoms with Gasteiger partial charge >= 0.3 is 12.1 Å². The minimum atomic E-state index is -4.86. The molecule has 2 aliphatic rings. The molecule has 1 amide bonds. The Labute approximate surface area is 155 Å². The summed E-state index contributed by atoms with van der Waals surface area (Å²) < 4.78 is 43.3. The van der Waals surface area contributed by atoms with E-state index in [0.717, 1.165) is 30.3 Å². The molecule has 1 fully saturated rings. The third-order valence-corrected chi connectivity index (χ3v) is 6.82. The molecule has 1 aromatic carbocycles. The van der Waals surface area contributed by atoms with Crippen LogP contribution in [0.5, 0.6) is 0 Å². The van der Waals surface area contributed by atoms with Crippen molar-refractivity contribution in [3.8, 4) is 0 Å². The molecule has 1 spiro atoms. The summed E-state index contributed by atoms with van der Waals surface area (Å²) in [5.74, 6) is -1.03. The highest BCUT2D eigenvalue weighted by Crippen LogP contribution is 2.64. The first-order chi connectivity index (χ1) is 12.6. The Bertz CT molecular complexity index is 914. The Kier molecular flexibility index (Phi) is 3.88. The number of aromatic nitrogens is 1. The minimum Gasteiger partial charge on any atom is -0.441 e. The molecule has 2 aromatic rings. The Hall–Kier alpha value is -2.05. The zero-order valence-corrected chi connectivity index (χ0v) is 15.7. The van der Waals surface area contributed by atoms with Gasteiger partial charge < -0.3 is 9.73 Å². The Morgan fingerprint density at radius 1 is 1.37 bits per heavy atom. The van der Waals surface area contributed by atoms with E-state index in [1.165, 1.54) is 5.56 Å². The lowest BCUT2D eigenvalue weighted by molar-refractivity contribution is -0.173. The number of amides is 1. The number of aryl methyl sites for hydroxylation is 1. The Morgan fingerprint density at radius 2 is 2.07 bits per heavy atom. The van der Waals surface area contributed by atoms with Crippen LogP contribution in [0, 0.1) is 18.3 Å². The van der Waals surface area contributed by atoms with Crippen LogP contribution in [0.3, 0.4) is 0 Å². The summed E-state index contributed by atoms with van der Waals surface area (Å²) >= 11 is 0. The van der Waals surface area contributed by atoms with Crippen LogP contribution in [-0.2, 0) is 16.6 Å². The monoisotopic (exact) mass is 380 g/mol. The summed E-state index contributed by atoms with van der Waals surface area (Å²) in [7, 11) is 0. The van der Waals surface area contributed by atoms with E-state index in [1.54, 1.807) is 6.92 Å². The molecular weight excluding hydrogens is 357 g/mol. The molecule has 146 valence electrons. The van der Waals surface area contributed by atoms with E-state index in [9.17, 15) is 18.0 Å². The van der Waals surface area contributed by atoms with E-state index in [1.807, 2.05) is 11.4 Å². The maximum Gasteiger partial charge on any atom is 0.471 e. The van der Waals surface area contributed by atoms with Crippen molar-refractivity contribution in [1.82, 2.24) is 10.3 Å². The van der Waals surface area contributed by atoms with Crippen LogP contribution in [0.1, 0.15) is 50.1 Å². The highest BCUT2D eigenvalue weighted by molar-refractivity contribution is 5.82. The Morgan fingerprint density at radius 3 is 2.70 bits per heavy atom. The second kappa shape index (κ2) is 5.72. The van der Waals surface area contributed by atoms with E-state index in [2.05, 4.69) is 24.9 Å². The molecule has 4 nitrogen and oxygen atoms in total. The van der Waals surface area contributed by atoms with Crippen molar-refractivity contribution >= 4 is 17.0 Å². The first kappa shape index (κ1) is 18.3. The molecule has 1 heterocycles. The molecule has 1 saturated carbocycles. The summed E-state index contributed by atoms with van der Waals surface area (Å²) in [4.78, 5) is 15.8. The molecule has 0 bridgehead atoms. The molecule has 27 heavy (non-hydrogen) atoms. The fourth-order valence-electron chi connectivity index (χ4n) is 5.00. The largest absolute Gasteiger partial charge is 0.471 e. The summed E-state index contributed by atoms with van der Waals surface area (Å²) in [5.41, 5.74) is 3.61. The summed E-state index contributed by atoms with van der Waals surface area (Å²) in [6.07, 6.45) is -1.20. The van der Waals surface area contributed by atoms with E-state index < -0.39 is 12.1 Å². The second-order valence-corrected chi connectivity index (χ2v) is 8.36. The van der Waals surface area contributed by atoms with Gasteiger partial charge in [0.25, 0.3) is 0 Å². The van der Waals surface area contributed by atoms with Gasteiger partial charge in [-0.3, -0.25) is 4.79 Å². The van der Waals surface area contributed by atoms with Crippen molar-refractivity contribution in [1.29, 1.82) is 0 Å². The lowest BCUT2D eigenvalue weighted by atomic mass is 9.57. The summed E-state index contributed by atoms with van der Waals surface area (Å²) in [5, 5.41) is 2.04. The number of oxazole rings is 1. The third kappa shape index (κ3) is 2.82. The number of hydrogen-bond donors (Lipinski definition) is 1. The van der Waals surface area contributed by atoms with Crippen LogP contribution in [0.15, 0.2) is 16.5 Å². The predicted molar refractivity (Wildman–Crippen MR) is 94.3 cm³/mol. The number of nitrogens with zero attached hydrogens (tertiary/aromatic N) is 1. The number of carbonyl (C=O) groups is 1. The van der Waals surface area contributed by atoms with Crippen LogP contribution >= 0.6 is 0 Å². The molecule has 2 aliphatic carbocycles. The van der Waals surface area contributed by atoms with Crippen molar-refractivity contribution in [2.75, 3.05) is 6.54 Å². The van der Waals surface area contributed by atoms with Crippen LogP contribution in [-0.4, -0.2) is 23.6 Å². The zero-order valence-electron chi connectivity index (χ0n) is 15.7. The van der Waals surface area contributed by atoms with Gasteiger partial charge in [0, 0.05) is 13.5 Å². The van der Waals surface area contributed by atoms with Crippen LogP contribution < -0.4 is 5.32 Å². The van der Waals surface area contributed by atoms with E-state index in [-0.39, 0.29) is 23.3 Å². The molecule has 0 saturated heterocycles. The molecule has 4 rings (SSSR count). The zero-order chi connectivity index (χ0) is 19.6. The first-order valence-corrected chi connectivity index (χ1v) is 9.31. The van der Waals surface area contributed by atoms with E-state index in [4.69, 9.17) is 4.42 Å². The molecule has 7 heteroatoms. The molecule has 0 radical (unpaired) electrons. The summed E-state index contributed by atoms with van der Waals surface area (Å²) in [6, 6.07) is 4.01. The number of nitrogens with one attached hydrogen (secondary N) is 1. The van der Waals surface area contributed by atoms with E-state index in [0.29, 0.717) is 17.9 Å². The lowest BCUT2D eigenvalue weighted by Crippen LogP contribution is -2.45. The molecule has 1 N–H and O–H groups in total. The summed E-state index contributed by atoms with van der Waals surface area (Å²) in [6.45, 7) is 6.05. The van der Waals surface area contributed by atoms with Gasteiger partial charge in [0.2, 0.25) is 0 Å². The van der Waals surface area contributed by atoms with Crippen molar-refractivity contribution in [2.45, 2.75) is 58.0 Å². The maximum absolute atomic E-state index is 12.5. The van der Waals surface area contributed by atoms with Gasteiger partial charge in [-0.25, -0.2) is 4.98 Å². The highest BCUT2D eigenvalue weighted by Gasteiger charge is 2.58. The first-order valence-electron chi connectivity index (χ1n) is 9.31. The minimum absolute atomic E-state index is 0.0259. The predicted octanol–water partition coefficient (Wildman–Crippen LogP) is 4.43. The van der Waals surface area contributed by atoms with Gasteiger partial charge in [-0.15, -0.1) is 0 Å². The quantitative estimate of drug-likeness (QED) is 0.857. The average Bonchev–Trinajstić information content (AvgIpc) is 3.24. The number of carbonyl (C=O) groups excluding carboxylic acids is 1. The van der Waals surface area contributed by atoms with Gasteiger partial charge in [-0.05, 0) is 59.6 Å². The van der Waals surface area contributed by atoms with Crippen LogP contribution in [0.2, 0.25) is 0 Å². The van der Waals surface area contributed by atoms with Crippen molar-refractivity contribution < 1.29 is 22.4 Å². The van der Waals surface area contributed by atoms with Crippen molar-refractivity contribution in [3.63, 3.8) is 0 Å². The van der Waals surface area contributed by atoms with Crippen molar-refractivity contribution in [3.05, 3.63) is 29.2 Å². The van der Waals surface area contributed by atoms with Gasteiger partial charge in [0.05, 0.1) is 0 Å². The SMILES string of the molecule is Cc1nc2c3c(ccc2o1)CC1(CC1)[C@@H](C)[C@@]3(C)CCNC(=O)C(F)(F)F. The molecule has 0 unspecified atom stereocenters.